The lowest BCUT2D eigenvalue weighted by atomic mass is 9.92. The second-order valence-electron chi connectivity index (χ2n) is 5.59. The predicted octanol–water partition coefficient (Wildman–Crippen LogP) is 1.99. The first-order valence-corrected chi connectivity index (χ1v) is 7.59. The molecule has 21 heavy (non-hydrogen) atoms. The van der Waals surface area contributed by atoms with Gasteiger partial charge in [0, 0.05) is 26.2 Å². The monoisotopic (exact) mass is 293 g/mol. The van der Waals surface area contributed by atoms with Crippen molar-refractivity contribution in [2.24, 2.45) is 5.73 Å². The molecule has 2 rings (SSSR count). The number of hydrogen-bond acceptors (Lipinski definition) is 3. The molecule has 0 radical (unpaired) electrons. The van der Waals surface area contributed by atoms with Crippen molar-refractivity contribution in [2.75, 3.05) is 31.1 Å². The molecule has 1 fully saturated rings. The highest BCUT2D eigenvalue weighted by atomic mass is 19.1. The largest absolute Gasteiger partial charge is 0.366 e. The van der Waals surface area contributed by atoms with Gasteiger partial charge in [0.25, 0.3) is 0 Å². The third kappa shape index (κ3) is 3.18. The molecular weight excluding hydrogens is 269 g/mol. The lowest BCUT2D eigenvalue weighted by Crippen LogP contribution is -2.59. The van der Waals surface area contributed by atoms with Gasteiger partial charge in [-0.1, -0.05) is 26.0 Å². The summed E-state index contributed by atoms with van der Waals surface area (Å²) >= 11 is 0. The number of carbonyl (C=O) groups excluding carboxylic acids is 1. The third-order valence-electron chi connectivity index (χ3n) is 4.45. The Morgan fingerprint density at radius 2 is 1.76 bits per heavy atom. The molecule has 1 aliphatic rings. The number of carbonyl (C=O) groups is 1. The van der Waals surface area contributed by atoms with E-state index in [0.717, 1.165) is 0 Å². The molecule has 5 heteroatoms. The zero-order valence-electron chi connectivity index (χ0n) is 12.8. The van der Waals surface area contributed by atoms with Crippen LogP contribution >= 0.6 is 0 Å². The molecule has 0 aromatic heterocycles. The summed E-state index contributed by atoms with van der Waals surface area (Å²) in [4.78, 5) is 16.3. The third-order valence-corrected chi connectivity index (χ3v) is 4.45. The number of nitrogens with zero attached hydrogens (tertiary/aromatic N) is 2. The summed E-state index contributed by atoms with van der Waals surface area (Å²) in [5, 5.41) is 0. The Kier molecular flexibility index (Phi) is 4.83. The molecular formula is C16H24FN3O. The number of halogens is 1. The number of benzene rings is 1. The number of amides is 1. The second kappa shape index (κ2) is 6.43. The molecule has 1 amide bonds. The van der Waals surface area contributed by atoms with Crippen LogP contribution in [0.3, 0.4) is 0 Å². The predicted molar refractivity (Wildman–Crippen MR) is 82.7 cm³/mol. The van der Waals surface area contributed by atoms with Crippen LogP contribution in [0.1, 0.15) is 26.7 Å². The van der Waals surface area contributed by atoms with Crippen LogP contribution in [0.25, 0.3) is 0 Å². The fourth-order valence-corrected chi connectivity index (χ4v) is 2.73. The Balaban J connectivity index is 2.01. The van der Waals surface area contributed by atoms with Crippen molar-refractivity contribution in [3.8, 4) is 0 Å². The van der Waals surface area contributed by atoms with Crippen molar-refractivity contribution in [3.63, 3.8) is 0 Å². The lowest BCUT2D eigenvalue weighted by molar-refractivity contribution is -0.137. The Morgan fingerprint density at radius 1 is 1.19 bits per heavy atom. The first-order chi connectivity index (χ1) is 10.0. The van der Waals surface area contributed by atoms with E-state index in [1.807, 2.05) is 29.7 Å². The maximum absolute atomic E-state index is 13.8. The van der Waals surface area contributed by atoms with E-state index in [4.69, 9.17) is 5.73 Å². The van der Waals surface area contributed by atoms with E-state index in [9.17, 15) is 9.18 Å². The van der Waals surface area contributed by atoms with Gasteiger partial charge in [-0.05, 0) is 25.0 Å². The van der Waals surface area contributed by atoms with Crippen molar-refractivity contribution < 1.29 is 9.18 Å². The Bertz CT molecular complexity index is 494. The van der Waals surface area contributed by atoms with Crippen molar-refractivity contribution in [2.45, 2.75) is 32.2 Å². The smallest absolute Gasteiger partial charge is 0.242 e. The van der Waals surface area contributed by atoms with Gasteiger partial charge in [-0.2, -0.15) is 0 Å². The average molecular weight is 293 g/mol. The first kappa shape index (κ1) is 15.8. The first-order valence-electron chi connectivity index (χ1n) is 7.59. The molecule has 0 bridgehead atoms. The fourth-order valence-electron chi connectivity index (χ4n) is 2.73. The number of piperazine rings is 1. The van der Waals surface area contributed by atoms with Crippen LogP contribution in [-0.2, 0) is 4.79 Å². The molecule has 0 spiro atoms. The summed E-state index contributed by atoms with van der Waals surface area (Å²) in [6, 6.07) is 6.75. The van der Waals surface area contributed by atoms with E-state index in [-0.39, 0.29) is 11.7 Å². The van der Waals surface area contributed by atoms with Gasteiger partial charge in [0.05, 0.1) is 11.2 Å². The highest BCUT2D eigenvalue weighted by molar-refractivity contribution is 5.86. The summed E-state index contributed by atoms with van der Waals surface area (Å²) in [5.74, 6) is -0.201. The van der Waals surface area contributed by atoms with Crippen molar-refractivity contribution >= 4 is 11.6 Å². The van der Waals surface area contributed by atoms with Gasteiger partial charge in [0.2, 0.25) is 5.91 Å². The van der Waals surface area contributed by atoms with E-state index in [1.54, 1.807) is 12.1 Å². The quantitative estimate of drug-likeness (QED) is 0.923. The molecule has 1 aromatic carbocycles. The zero-order chi connectivity index (χ0) is 15.5. The van der Waals surface area contributed by atoms with Crippen LogP contribution < -0.4 is 10.6 Å². The molecule has 0 unspecified atom stereocenters. The summed E-state index contributed by atoms with van der Waals surface area (Å²) < 4.78 is 13.8. The topological polar surface area (TPSA) is 49.6 Å². The SMILES string of the molecule is CCC(N)(CC)C(=O)N1CCN(c2ccccc2F)CC1. The molecule has 0 atom stereocenters. The molecule has 116 valence electrons. The van der Waals surface area contributed by atoms with E-state index in [1.165, 1.54) is 6.07 Å². The van der Waals surface area contributed by atoms with E-state index >= 15 is 0 Å². The van der Waals surface area contributed by atoms with E-state index < -0.39 is 5.54 Å². The van der Waals surface area contributed by atoms with E-state index in [2.05, 4.69) is 0 Å². The molecule has 1 heterocycles. The minimum Gasteiger partial charge on any atom is -0.366 e. The average Bonchev–Trinajstić information content (AvgIpc) is 2.54. The van der Waals surface area contributed by atoms with Gasteiger partial charge in [0.15, 0.2) is 0 Å². The summed E-state index contributed by atoms with van der Waals surface area (Å²) in [6.45, 7) is 6.33. The Labute approximate surface area is 125 Å². The lowest BCUT2D eigenvalue weighted by Gasteiger charge is -2.40. The van der Waals surface area contributed by atoms with Crippen LogP contribution in [0.2, 0.25) is 0 Å². The van der Waals surface area contributed by atoms with E-state index in [0.29, 0.717) is 44.7 Å². The number of anilines is 1. The maximum Gasteiger partial charge on any atom is 0.242 e. The van der Waals surface area contributed by atoms with Crippen molar-refractivity contribution in [3.05, 3.63) is 30.1 Å². The minimum absolute atomic E-state index is 0.0145. The highest BCUT2D eigenvalue weighted by Gasteiger charge is 2.35. The number of nitrogens with two attached hydrogens (primary N) is 1. The molecule has 1 aromatic rings. The molecule has 0 saturated carbocycles. The van der Waals surface area contributed by atoms with Gasteiger partial charge in [-0.25, -0.2) is 4.39 Å². The van der Waals surface area contributed by atoms with Gasteiger partial charge >= 0.3 is 0 Å². The van der Waals surface area contributed by atoms with Crippen LogP contribution in [0.5, 0.6) is 0 Å². The van der Waals surface area contributed by atoms with Gasteiger partial charge in [-0.3, -0.25) is 4.79 Å². The zero-order valence-corrected chi connectivity index (χ0v) is 12.8. The molecule has 2 N–H and O–H groups in total. The van der Waals surface area contributed by atoms with Gasteiger partial charge < -0.3 is 15.5 Å². The van der Waals surface area contributed by atoms with Crippen LogP contribution in [0.4, 0.5) is 10.1 Å². The molecule has 4 nitrogen and oxygen atoms in total. The Morgan fingerprint density at radius 3 is 2.29 bits per heavy atom. The number of hydrogen-bond donors (Lipinski definition) is 1. The summed E-state index contributed by atoms with van der Waals surface area (Å²) in [7, 11) is 0. The highest BCUT2D eigenvalue weighted by Crippen LogP contribution is 2.22. The standard InChI is InChI=1S/C16H24FN3O/c1-3-16(18,4-2)15(21)20-11-9-19(10-12-20)14-8-6-5-7-13(14)17/h5-8H,3-4,9-12,18H2,1-2H3. The van der Waals surface area contributed by atoms with Gasteiger partial charge in [0.1, 0.15) is 5.82 Å². The maximum atomic E-state index is 13.8. The van der Waals surface area contributed by atoms with Crippen LogP contribution in [0, 0.1) is 5.82 Å². The number of rotatable bonds is 4. The molecule has 1 saturated heterocycles. The summed E-state index contributed by atoms with van der Waals surface area (Å²) in [6.07, 6.45) is 1.27. The van der Waals surface area contributed by atoms with Gasteiger partial charge in [-0.15, -0.1) is 0 Å². The normalized spacial score (nSPS) is 16.2. The van der Waals surface area contributed by atoms with Crippen LogP contribution in [-0.4, -0.2) is 42.5 Å². The van der Waals surface area contributed by atoms with Crippen molar-refractivity contribution in [1.29, 1.82) is 0 Å². The molecule has 1 aliphatic heterocycles. The van der Waals surface area contributed by atoms with Crippen molar-refractivity contribution in [1.82, 2.24) is 4.90 Å². The molecule has 0 aliphatic carbocycles. The summed E-state index contributed by atoms with van der Waals surface area (Å²) in [5.41, 5.74) is 6.02. The minimum atomic E-state index is -0.764. The second-order valence-corrected chi connectivity index (χ2v) is 5.59. The number of para-hydroxylation sites is 1. The Hall–Kier alpha value is -1.62. The fraction of sp³-hybridized carbons (Fsp3) is 0.562. The van der Waals surface area contributed by atoms with Crippen LogP contribution in [0.15, 0.2) is 24.3 Å².